The third kappa shape index (κ3) is 2.82. The Kier molecular flexibility index (Phi) is 3.79. The fraction of sp³-hybridized carbons (Fsp3) is 0.0769. The van der Waals surface area contributed by atoms with E-state index in [1.165, 1.54) is 18.3 Å². The van der Waals surface area contributed by atoms with E-state index in [9.17, 15) is 13.6 Å². The maximum Gasteiger partial charge on any atom is 0.337 e. The first kappa shape index (κ1) is 13.7. The maximum absolute atomic E-state index is 13.4. The molecule has 7 heteroatoms. The number of aromatic carboxylic acids is 1. The van der Waals surface area contributed by atoms with E-state index >= 15 is 0 Å². The van der Waals surface area contributed by atoms with Crippen LogP contribution >= 0.6 is 0 Å². The van der Waals surface area contributed by atoms with Gasteiger partial charge in [-0.1, -0.05) is 6.07 Å². The number of carboxylic acid groups (broad SMARTS) is 1. The number of halogens is 2. The van der Waals surface area contributed by atoms with Crippen LogP contribution in [0.4, 0.5) is 20.3 Å². The first-order valence-corrected chi connectivity index (χ1v) is 5.64. The van der Waals surface area contributed by atoms with Gasteiger partial charge in [-0.25, -0.2) is 18.6 Å². The zero-order chi connectivity index (χ0) is 14.7. The molecule has 0 radical (unpaired) electrons. The monoisotopic (exact) mass is 279 g/mol. The second-order valence-corrected chi connectivity index (χ2v) is 4.02. The molecule has 1 heterocycles. The number of rotatable bonds is 4. The third-order valence-corrected chi connectivity index (χ3v) is 2.68. The summed E-state index contributed by atoms with van der Waals surface area (Å²) in [6, 6.07) is 4.45. The van der Waals surface area contributed by atoms with Gasteiger partial charge in [0.15, 0.2) is 0 Å². The van der Waals surface area contributed by atoms with Crippen molar-refractivity contribution in [2.24, 2.45) is 0 Å². The summed E-state index contributed by atoms with van der Waals surface area (Å²) in [5.41, 5.74) is 5.73. The molecule has 5 nitrogen and oxygen atoms in total. The van der Waals surface area contributed by atoms with Crippen molar-refractivity contribution >= 4 is 17.5 Å². The molecule has 0 atom stereocenters. The Morgan fingerprint density at radius 3 is 2.75 bits per heavy atom. The second-order valence-electron chi connectivity index (χ2n) is 4.02. The summed E-state index contributed by atoms with van der Waals surface area (Å²) < 4.78 is 26.2. The minimum atomic E-state index is -1.18. The molecule has 1 aromatic carbocycles. The summed E-state index contributed by atoms with van der Waals surface area (Å²) in [5, 5.41) is 11.6. The van der Waals surface area contributed by atoms with E-state index in [2.05, 4.69) is 10.3 Å². The van der Waals surface area contributed by atoms with E-state index < -0.39 is 17.6 Å². The van der Waals surface area contributed by atoms with Crippen molar-refractivity contribution < 1.29 is 18.7 Å². The Morgan fingerprint density at radius 1 is 1.35 bits per heavy atom. The van der Waals surface area contributed by atoms with Crippen molar-refractivity contribution in [1.29, 1.82) is 0 Å². The molecule has 2 aromatic rings. The van der Waals surface area contributed by atoms with Crippen LogP contribution in [0, 0.1) is 11.6 Å². The summed E-state index contributed by atoms with van der Waals surface area (Å²) in [6.07, 6.45) is 1.28. The lowest BCUT2D eigenvalue weighted by atomic mass is 10.2. The number of aromatic nitrogens is 1. The number of nitrogens with zero attached hydrogens (tertiary/aromatic N) is 1. The summed E-state index contributed by atoms with van der Waals surface area (Å²) >= 11 is 0. The van der Waals surface area contributed by atoms with Gasteiger partial charge in [-0.15, -0.1) is 0 Å². The number of nitrogens with one attached hydrogen (secondary N) is 1. The average molecular weight is 279 g/mol. The van der Waals surface area contributed by atoms with Gasteiger partial charge in [0.1, 0.15) is 17.5 Å². The molecular formula is C13H11F2N3O2. The summed E-state index contributed by atoms with van der Waals surface area (Å²) in [7, 11) is 0. The van der Waals surface area contributed by atoms with Crippen LogP contribution in [0.25, 0.3) is 0 Å². The smallest absolute Gasteiger partial charge is 0.337 e. The Hall–Kier alpha value is -2.70. The largest absolute Gasteiger partial charge is 0.478 e. The summed E-state index contributed by atoms with van der Waals surface area (Å²) in [6.45, 7) is 0.00634. The van der Waals surface area contributed by atoms with Gasteiger partial charge in [0, 0.05) is 24.4 Å². The van der Waals surface area contributed by atoms with Crippen molar-refractivity contribution in [1.82, 2.24) is 4.98 Å². The molecule has 0 aliphatic carbocycles. The molecule has 0 saturated heterocycles. The molecule has 0 aliphatic rings. The lowest BCUT2D eigenvalue weighted by Crippen LogP contribution is -2.10. The van der Waals surface area contributed by atoms with E-state index in [4.69, 9.17) is 10.8 Å². The number of carboxylic acids is 1. The molecule has 0 fully saturated rings. The van der Waals surface area contributed by atoms with Crippen LogP contribution in [0.15, 0.2) is 30.5 Å². The van der Waals surface area contributed by atoms with Crippen LogP contribution in [0.3, 0.4) is 0 Å². The predicted octanol–water partition coefficient (Wildman–Crippen LogP) is 2.25. The standard InChI is InChI=1S/C13H11F2N3O2/c14-8-2-1-7(10(15)5-8)6-18-12-11(16)9(13(19)20)3-4-17-12/h1-5H,6,16H2,(H,17,18)(H,19,20). The number of anilines is 2. The fourth-order valence-corrected chi connectivity index (χ4v) is 1.64. The zero-order valence-corrected chi connectivity index (χ0v) is 10.2. The van der Waals surface area contributed by atoms with Crippen molar-refractivity contribution in [2.45, 2.75) is 6.54 Å². The molecule has 4 N–H and O–H groups in total. The number of hydrogen-bond acceptors (Lipinski definition) is 4. The van der Waals surface area contributed by atoms with Crippen molar-refractivity contribution in [3.05, 3.63) is 53.2 Å². The lowest BCUT2D eigenvalue weighted by molar-refractivity contribution is 0.0698. The van der Waals surface area contributed by atoms with Gasteiger partial charge in [0.05, 0.1) is 11.3 Å². The van der Waals surface area contributed by atoms with Gasteiger partial charge in [-0.05, 0) is 12.1 Å². The molecule has 0 bridgehead atoms. The second kappa shape index (κ2) is 5.52. The van der Waals surface area contributed by atoms with Gasteiger partial charge < -0.3 is 16.2 Å². The molecule has 104 valence electrons. The first-order valence-electron chi connectivity index (χ1n) is 5.64. The van der Waals surface area contributed by atoms with E-state index in [1.54, 1.807) is 0 Å². The highest BCUT2D eigenvalue weighted by Crippen LogP contribution is 2.21. The highest BCUT2D eigenvalue weighted by molar-refractivity contribution is 5.96. The van der Waals surface area contributed by atoms with Crippen LogP contribution in [-0.2, 0) is 6.54 Å². The predicted molar refractivity (Wildman–Crippen MR) is 69.3 cm³/mol. The van der Waals surface area contributed by atoms with Gasteiger partial charge in [0.2, 0.25) is 0 Å². The Balaban J connectivity index is 2.19. The molecule has 0 amide bonds. The molecular weight excluding hydrogens is 268 g/mol. The van der Waals surface area contributed by atoms with Gasteiger partial charge in [-0.2, -0.15) is 0 Å². The van der Waals surface area contributed by atoms with Crippen LogP contribution in [-0.4, -0.2) is 16.1 Å². The molecule has 1 aromatic heterocycles. The minimum Gasteiger partial charge on any atom is -0.478 e. The minimum absolute atomic E-state index is 0.00634. The normalized spacial score (nSPS) is 10.3. The van der Waals surface area contributed by atoms with Gasteiger partial charge >= 0.3 is 5.97 Å². The Morgan fingerprint density at radius 2 is 2.10 bits per heavy atom. The van der Waals surface area contributed by atoms with E-state index in [0.717, 1.165) is 12.1 Å². The van der Waals surface area contributed by atoms with Crippen molar-refractivity contribution in [3.8, 4) is 0 Å². The summed E-state index contributed by atoms with van der Waals surface area (Å²) in [5.74, 6) is -2.42. The molecule has 0 spiro atoms. The molecule has 20 heavy (non-hydrogen) atoms. The molecule has 0 saturated carbocycles. The number of pyridine rings is 1. The molecule has 2 rings (SSSR count). The number of nitrogens with two attached hydrogens (primary N) is 1. The average Bonchev–Trinajstić information content (AvgIpc) is 2.39. The SMILES string of the molecule is Nc1c(C(=O)O)ccnc1NCc1ccc(F)cc1F. The van der Waals surface area contributed by atoms with Gasteiger partial charge in [0.25, 0.3) is 0 Å². The number of nitrogen functional groups attached to an aromatic ring is 1. The fourth-order valence-electron chi connectivity index (χ4n) is 1.64. The van der Waals surface area contributed by atoms with E-state index in [0.29, 0.717) is 0 Å². The third-order valence-electron chi connectivity index (χ3n) is 2.68. The first-order chi connectivity index (χ1) is 9.49. The number of carbonyl (C=O) groups is 1. The van der Waals surface area contributed by atoms with Gasteiger partial charge in [-0.3, -0.25) is 0 Å². The molecule has 0 unspecified atom stereocenters. The van der Waals surface area contributed by atoms with Crippen LogP contribution in [0.1, 0.15) is 15.9 Å². The number of benzene rings is 1. The highest BCUT2D eigenvalue weighted by atomic mass is 19.1. The van der Waals surface area contributed by atoms with Crippen LogP contribution < -0.4 is 11.1 Å². The van der Waals surface area contributed by atoms with Crippen LogP contribution in [0.5, 0.6) is 0 Å². The van der Waals surface area contributed by atoms with E-state index in [-0.39, 0.29) is 29.2 Å². The number of hydrogen-bond donors (Lipinski definition) is 3. The zero-order valence-electron chi connectivity index (χ0n) is 10.2. The van der Waals surface area contributed by atoms with Crippen LogP contribution in [0.2, 0.25) is 0 Å². The van der Waals surface area contributed by atoms with Crippen molar-refractivity contribution in [3.63, 3.8) is 0 Å². The molecule has 0 aliphatic heterocycles. The lowest BCUT2D eigenvalue weighted by Gasteiger charge is -2.10. The Labute approximate surface area is 113 Å². The highest BCUT2D eigenvalue weighted by Gasteiger charge is 2.12. The maximum atomic E-state index is 13.4. The van der Waals surface area contributed by atoms with Crippen molar-refractivity contribution in [2.75, 3.05) is 11.1 Å². The Bertz CT molecular complexity index is 662. The topological polar surface area (TPSA) is 88.2 Å². The van der Waals surface area contributed by atoms with E-state index in [1.807, 2.05) is 0 Å². The quantitative estimate of drug-likeness (QED) is 0.799. The summed E-state index contributed by atoms with van der Waals surface area (Å²) in [4.78, 5) is 14.8.